The number of methoxy groups -OCH3 is 1. The van der Waals surface area contributed by atoms with Crippen LogP contribution in [0.15, 0.2) is 64.5 Å². The quantitative estimate of drug-likeness (QED) is 0.448. The van der Waals surface area contributed by atoms with Crippen LogP contribution in [0.5, 0.6) is 5.75 Å². The molecule has 9 heteroatoms. The molecule has 4 rings (SSSR count). The van der Waals surface area contributed by atoms with Crippen LogP contribution in [0.1, 0.15) is 5.89 Å². The molecule has 0 bridgehead atoms. The van der Waals surface area contributed by atoms with Crippen LogP contribution in [0, 0.1) is 0 Å². The predicted octanol–water partition coefficient (Wildman–Crippen LogP) is 4.27. The van der Waals surface area contributed by atoms with Gasteiger partial charge in [-0.15, -0.1) is 10.2 Å². The van der Waals surface area contributed by atoms with Gasteiger partial charge in [0, 0.05) is 5.56 Å². The van der Waals surface area contributed by atoms with E-state index in [2.05, 4.69) is 20.3 Å². The first kappa shape index (κ1) is 17.6. The van der Waals surface area contributed by atoms with Crippen LogP contribution < -0.4 is 4.74 Å². The lowest BCUT2D eigenvalue weighted by Gasteiger charge is -2.10. The van der Waals surface area contributed by atoms with Crippen LogP contribution in [0.25, 0.3) is 17.1 Å². The molecule has 0 amide bonds. The third kappa shape index (κ3) is 3.67. The maximum atomic E-state index is 6.18. The third-order valence-corrected chi connectivity index (χ3v) is 5.03. The first-order chi connectivity index (χ1) is 13.3. The van der Waals surface area contributed by atoms with Crippen molar-refractivity contribution in [1.29, 1.82) is 0 Å². The largest absolute Gasteiger partial charge is 0.495 e. The Morgan fingerprint density at radius 1 is 1.15 bits per heavy atom. The van der Waals surface area contributed by atoms with Gasteiger partial charge in [-0.3, -0.25) is 4.57 Å². The van der Waals surface area contributed by atoms with Gasteiger partial charge in [0.15, 0.2) is 5.16 Å². The molecule has 0 saturated carbocycles. The molecule has 0 saturated heterocycles. The van der Waals surface area contributed by atoms with Crippen LogP contribution in [-0.2, 0) is 5.75 Å². The normalized spacial score (nSPS) is 10.9. The Balaban J connectivity index is 1.53. The molecule has 0 unspecified atom stereocenters. The zero-order chi connectivity index (χ0) is 18.6. The molecule has 0 aliphatic carbocycles. The van der Waals surface area contributed by atoms with E-state index in [1.807, 2.05) is 47.0 Å². The summed E-state index contributed by atoms with van der Waals surface area (Å²) < 4.78 is 12.6. The van der Waals surface area contributed by atoms with E-state index in [1.165, 1.54) is 11.8 Å². The van der Waals surface area contributed by atoms with Gasteiger partial charge < -0.3 is 9.26 Å². The molecule has 0 aliphatic heterocycles. The summed E-state index contributed by atoms with van der Waals surface area (Å²) in [6.45, 7) is 0. The summed E-state index contributed by atoms with van der Waals surface area (Å²) in [5, 5.41) is 13.5. The minimum atomic E-state index is 0.450. The molecule has 0 N–H and O–H groups in total. The zero-order valence-corrected chi connectivity index (χ0v) is 15.8. The molecule has 4 aromatic rings. The van der Waals surface area contributed by atoms with Crippen molar-refractivity contribution in [3.63, 3.8) is 0 Å². The maximum Gasteiger partial charge on any atom is 0.237 e. The zero-order valence-electron chi connectivity index (χ0n) is 14.2. The first-order valence-corrected chi connectivity index (χ1v) is 9.36. The highest BCUT2D eigenvalue weighted by Crippen LogP contribution is 2.29. The molecule has 0 radical (unpaired) electrons. The van der Waals surface area contributed by atoms with Crippen LogP contribution in [0.2, 0.25) is 5.02 Å². The Morgan fingerprint density at radius 2 is 1.96 bits per heavy atom. The number of thioether (sulfide) groups is 1. The molecule has 7 nitrogen and oxygen atoms in total. The van der Waals surface area contributed by atoms with E-state index in [0.29, 0.717) is 27.6 Å². The Kier molecular flexibility index (Phi) is 5.08. The second-order valence-electron chi connectivity index (χ2n) is 5.44. The van der Waals surface area contributed by atoms with Gasteiger partial charge in [-0.1, -0.05) is 52.8 Å². The topological polar surface area (TPSA) is 78.9 Å². The number of nitrogens with zero attached hydrogens (tertiary/aromatic N) is 5. The van der Waals surface area contributed by atoms with Gasteiger partial charge in [0.2, 0.25) is 11.7 Å². The first-order valence-electron chi connectivity index (χ1n) is 8.00. The van der Waals surface area contributed by atoms with E-state index < -0.39 is 0 Å². The van der Waals surface area contributed by atoms with Gasteiger partial charge in [0.25, 0.3) is 0 Å². The molecular weight excluding hydrogens is 386 g/mol. The Hall–Kier alpha value is -2.84. The molecule has 27 heavy (non-hydrogen) atoms. The van der Waals surface area contributed by atoms with Crippen molar-refractivity contribution < 1.29 is 9.26 Å². The highest BCUT2D eigenvalue weighted by atomic mass is 35.5. The lowest BCUT2D eigenvalue weighted by molar-refractivity contribution is 0.391. The highest BCUT2D eigenvalue weighted by molar-refractivity contribution is 7.98. The van der Waals surface area contributed by atoms with Crippen molar-refractivity contribution in [1.82, 2.24) is 24.9 Å². The molecule has 2 aromatic carbocycles. The van der Waals surface area contributed by atoms with Crippen molar-refractivity contribution in [3.8, 4) is 22.8 Å². The second kappa shape index (κ2) is 7.81. The predicted molar refractivity (Wildman–Crippen MR) is 102 cm³/mol. The average molecular weight is 400 g/mol. The fourth-order valence-electron chi connectivity index (χ4n) is 2.51. The van der Waals surface area contributed by atoms with Crippen LogP contribution in [-0.4, -0.2) is 32.0 Å². The lowest BCUT2D eigenvalue weighted by atomic mass is 10.2. The van der Waals surface area contributed by atoms with Crippen molar-refractivity contribution in [3.05, 3.63) is 65.8 Å². The lowest BCUT2D eigenvalue weighted by Crippen LogP contribution is -1.98. The number of hydrogen-bond donors (Lipinski definition) is 0. The van der Waals surface area contributed by atoms with Gasteiger partial charge in [-0.2, -0.15) is 4.98 Å². The van der Waals surface area contributed by atoms with Crippen LogP contribution >= 0.6 is 23.4 Å². The van der Waals surface area contributed by atoms with Crippen molar-refractivity contribution in [2.24, 2.45) is 0 Å². The number of rotatable bonds is 6. The van der Waals surface area contributed by atoms with E-state index in [0.717, 1.165) is 17.0 Å². The minimum Gasteiger partial charge on any atom is -0.495 e. The monoisotopic (exact) mass is 399 g/mol. The van der Waals surface area contributed by atoms with Gasteiger partial charge >= 0.3 is 0 Å². The number of benzene rings is 2. The minimum absolute atomic E-state index is 0.450. The second-order valence-corrected chi connectivity index (χ2v) is 6.79. The van der Waals surface area contributed by atoms with E-state index in [1.54, 1.807) is 19.5 Å². The van der Waals surface area contributed by atoms with Crippen molar-refractivity contribution in [2.45, 2.75) is 10.9 Å². The Morgan fingerprint density at radius 3 is 2.81 bits per heavy atom. The summed E-state index contributed by atoms with van der Waals surface area (Å²) >= 11 is 7.62. The molecule has 0 fully saturated rings. The summed E-state index contributed by atoms with van der Waals surface area (Å²) in [5.41, 5.74) is 1.59. The molecule has 136 valence electrons. The summed E-state index contributed by atoms with van der Waals surface area (Å²) in [4.78, 5) is 4.41. The molecule has 0 atom stereocenters. The smallest absolute Gasteiger partial charge is 0.237 e. The SMILES string of the molecule is COc1ccccc1-n1cnnc1SCc1nc(-c2ccccc2Cl)no1. The number of para-hydroxylation sites is 2. The molecule has 2 aromatic heterocycles. The molecular formula is C18H14ClN5O2S. The van der Waals surface area contributed by atoms with Gasteiger partial charge in [0.1, 0.15) is 12.1 Å². The number of halogens is 1. The van der Waals surface area contributed by atoms with Crippen molar-refractivity contribution >= 4 is 23.4 Å². The summed E-state index contributed by atoms with van der Waals surface area (Å²) in [6, 6.07) is 15.0. The summed E-state index contributed by atoms with van der Waals surface area (Å²) in [7, 11) is 1.63. The molecule has 2 heterocycles. The molecule has 0 aliphatic rings. The van der Waals surface area contributed by atoms with E-state index in [4.69, 9.17) is 20.9 Å². The average Bonchev–Trinajstić information content (AvgIpc) is 3.36. The maximum absolute atomic E-state index is 6.18. The van der Waals surface area contributed by atoms with Crippen molar-refractivity contribution in [2.75, 3.05) is 7.11 Å². The van der Waals surface area contributed by atoms with Gasteiger partial charge in [-0.05, 0) is 24.3 Å². The van der Waals surface area contributed by atoms with E-state index in [-0.39, 0.29) is 0 Å². The molecule has 0 spiro atoms. The number of hydrogen-bond acceptors (Lipinski definition) is 7. The van der Waals surface area contributed by atoms with E-state index in [9.17, 15) is 0 Å². The van der Waals surface area contributed by atoms with Crippen LogP contribution in [0.4, 0.5) is 0 Å². The number of aromatic nitrogens is 5. The van der Waals surface area contributed by atoms with Crippen LogP contribution in [0.3, 0.4) is 0 Å². The standard InChI is InChI=1S/C18H14ClN5O2S/c1-25-15-9-5-4-8-14(15)24-11-20-22-18(24)27-10-16-21-17(23-26-16)12-6-2-3-7-13(12)19/h2-9,11H,10H2,1H3. The summed E-state index contributed by atoms with van der Waals surface area (Å²) in [5.74, 6) is 2.12. The van der Waals surface area contributed by atoms with E-state index >= 15 is 0 Å². The third-order valence-electron chi connectivity index (χ3n) is 3.77. The number of ether oxygens (including phenoxy) is 1. The Bertz CT molecular complexity index is 1070. The Labute approximate surface area is 164 Å². The fourth-order valence-corrected chi connectivity index (χ4v) is 3.49. The summed E-state index contributed by atoms with van der Waals surface area (Å²) in [6.07, 6.45) is 1.64. The highest BCUT2D eigenvalue weighted by Gasteiger charge is 2.15. The van der Waals surface area contributed by atoms with Gasteiger partial charge in [-0.25, -0.2) is 0 Å². The van der Waals surface area contributed by atoms with Gasteiger partial charge in [0.05, 0.1) is 23.6 Å². The fraction of sp³-hybridized carbons (Fsp3) is 0.111.